The highest BCUT2D eigenvalue weighted by molar-refractivity contribution is 7.84. The van der Waals surface area contributed by atoms with E-state index in [2.05, 4.69) is 32.0 Å². The van der Waals surface area contributed by atoms with Crippen molar-refractivity contribution in [2.45, 2.75) is 26.3 Å². The van der Waals surface area contributed by atoms with E-state index in [1.807, 2.05) is 6.92 Å². The minimum atomic E-state index is 0. The second-order valence-corrected chi connectivity index (χ2v) is 2.79. The van der Waals surface area contributed by atoms with Crippen molar-refractivity contribution in [1.82, 2.24) is 4.31 Å². The highest BCUT2D eigenvalue weighted by Gasteiger charge is 2.06. The van der Waals surface area contributed by atoms with Crippen molar-refractivity contribution in [2.24, 2.45) is 5.73 Å². The van der Waals surface area contributed by atoms with Crippen LogP contribution in [0, 0.1) is 0 Å². The predicted octanol–water partition coefficient (Wildman–Crippen LogP) is 1.60. The van der Waals surface area contributed by atoms with Crippen LogP contribution in [0.1, 0.15) is 20.3 Å². The molecule has 0 aromatic carbocycles. The Kier molecular flexibility index (Phi) is 7.86. The first-order valence-electron chi connectivity index (χ1n) is 2.87. The van der Waals surface area contributed by atoms with Gasteiger partial charge < -0.3 is 5.73 Å². The topological polar surface area (TPSA) is 29.3 Å². The van der Waals surface area contributed by atoms with E-state index in [9.17, 15) is 0 Å². The van der Waals surface area contributed by atoms with Crippen molar-refractivity contribution in [3.05, 3.63) is 0 Å². The van der Waals surface area contributed by atoms with Gasteiger partial charge in [-0.2, -0.15) is 0 Å². The molecule has 0 fully saturated rings. The van der Waals surface area contributed by atoms with Gasteiger partial charge in [-0.25, -0.2) is 0 Å². The van der Waals surface area contributed by atoms with Crippen LogP contribution in [-0.2, 0) is 0 Å². The standard InChI is InChI=1S/C5H12N2S2.ClH/c1-3-4(2)7(9)5(6)8;/h4,9H,3H2,1-2H3,(H2,6,8);1H. The molecule has 0 bridgehead atoms. The first-order valence-corrected chi connectivity index (χ1v) is 3.68. The minimum Gasteiger partial charge on any atom is -0.375 e. The van der Waals surface area contributed by atoms with Gasteiger partial charge >= 0.3 is 0 Å². The number of hydrogen-bond donors (Lipinski definition) is 2. The third-order valence-electron chi connectivity index (χ3n) is 1.23. The van der Waals surface area contributed by atoms with Crippen LogP contribution in [0.3, 0.4) is 0 Å². The zero-order valence-electron chi connectivity index (χ0n) is 6.07. The average Bonchev–Trinajstić information content (AvgIpc) is 1.84. The van der Waals surface area contributed by atoms with E-state index in [0.29, 0.717) is 11.2 Å². The summed E-state index contributed by atoms with van der Waals surface area (Å²) in [7, 11) is 0. The summed E-state index contributed by atoms with van der Waals surface area (Å²) in [6, 6.07) is 0.325. The third kappa shape index (κ3) is 4.19. The molecule has 0 amide bonds. The number of hydrogen-bond acceptors (Lipinski definition) is 2. The molecule has 2 N–H and O–H groups in total. The summed E-state index contributed by atoms with van der Waals surface area (Å²) in [4.78, 5) is 0. The molecule has 0 saturated carbocycles. The first kappa shape index (κ1) is 13.0. The molecule has 5 heteroatoms. The highest BCUT2D eigenvalue weighted by Crippen LogP contribution is 2.04. The lowest BCUT2D eigenvalue weighted by Gasteiger charge is -2.21. The van der Waals surface area contributed by atoms with Gasteiger partial charge in [0, 0.05) is 6.04 Å². The van der Waals surface area contributed by atoms with Gasteiger partial charge in [0.05, 0.1) is 0 Å². The molecule has 0 aliphatic heterocycles. The maximum Gasteiger partial charge on any atom is 0.176 e. The van der Waals surface area contributed by atoms with Crippen LogP contribution in [0.5, 0.6) is 0 Å². The second-order valence-electron chi connectivity index (χ2n) is 1.94. The molecule has 10 heavy (non-hydrogen) atoms. The lowest BCUT2D eigenvalue weighted by atomic mass is 10.3. The summed E-state index contributed by atoms with van der Waals surface area (Å²) in [6.45, 7) is 4.08. The van der Waals surface area contributed by atoms with Gasteiger partial charge in [0.2, 0.25) is 0 Å². The molecule has 0 radical (unpaired) electrons. The van der Waals surface area contributed by atoms with E-state index in [4.69, 9.17) is 5.73 Å². The molecule has 0 heterocycles. The van der Waals surface area contributed by atoms with Gasteiger partial charge in [-0.3, -0.25) is 4.31 Å². The molecule has 1 unspecified atom stereocenters. The van der Waals surface area contributed by atoms with Crippen molar-refractivity contribution in [3.63, 3.8) is 0 Å². The van der Waals surface area contributed by atoms with Crippen molar-refractivity contribution in [1.29, 1.82) is 0 Å². The third-order valence-corrected chi connectivity index (χ3v) is 2.18. The van der Waals surface area contributed by atoms with Gasteiger partial charge in [0.25, 0.3) is 0 Å². The van der Waals surface area contributed by atoms with Gasteiger partial charge in [-0.15, -0.1) is 12.4 Å². The van der Waals surface area contributed by atoms with E-state index in [0.717, 1.165) is 6.42 Å². The van der Waals surface area contributed by atoms with Crippen molar-refractivity contribution >= 4 is 42.6 Å². The molecule has 62 valence electrons. The Morgan fingerprint density at radius 2 is 2.20 bits per heavy atom. The highest BCUT2D eigenvalue weighted by atomic mass is 35.5. The number of nitrogens with zero attached hydrogens (tertiary/aromatic N) is 1. The van der Waals surface area contributed by atoms with Crippen molar-refractivity contribution in [3.8, 4) is 0 Å². The largest absolute Gasteiger partial charge is 0.375 e. The Bertz CT molecular complexity index is 110. The van der Waals surface area contributed by atoms with Crippen LogP contribution in [0.25, 0.3) is 0 Å². The predicted molar refractivity (Wildman–Crippen MR) is 54.6 cm³/mol. The fourth-order valence-electron chi connectivity index (χ4n) is 0.390. The van der Waals surface area contributed by atoms with Gasteiger partial charge in [0.1, 0.15) is 0 Å². The minimum absolute atomic E-state index is 0. The van der Waals surface area contributed by atoms with E-state index in [1.54, 1.807) is 4.31 Å². The van der Waals surface area contributed by atoms with E-state index in [1.165, 1.54) is 0 Å². The van der Waals surface area contributed by atoms with Gasteiger partial charge in [0.15, 0.2) is 5.11 Å². The first-order chi connectivity index (χ1) is 4.09. The quantitative estimate of drug-likeness (QED) is 0.524. The number of halogens is 1. The fraction of sp³-hybridized carbons (Fsp3) is 0.800. The molecule has 0 aromatic rings. The molecular weight excluding hydrogens is 188 g/mol. The molecule has 0 aromatic heterocycles. The van der Waals surface area contributed by atoms with E-state index < -0.39 is 0 Å². The molecule has 1 atom stereocenters. The van der Waals surface area contributed by atoms with Crippen LogP contribution in [0.15, 0.2) is 0 Å². The summed E-state index contributed by atoms with van der Waals surface area (Å²) >= 11 is 8.76. The van der Waals surface area contributed by atoms with E-state index in [-0.39, 0.29) is 12.4 Å². The Balaban J connectivity index is 0. The Hall–Kier alpha value is 0.330. The van der Waals surface area contributed by atoms with Crippen molar-refractivity contribution < 1.29 is 0 Å². The number of rotatable bonds is 2. The van der Waals surface area contributed by atoms with Crippen LogP contribution < -0.4 is 5.73 Å². The molecule has 0 rings (SSSR count). The van der Waals surface area contributed by atoms with Crippen LogP contribution in [0.2, 0.25) is 0 Å². The lowest BCUT2D eigenvalue weighted by Crippen LogP contribution is -2.34. The molecule has 0 spiro atoms. The molecule has 0 aliphatic rings. The van der Waals surface area contributed by atoms with Crippen LogP contribution >= 0.6 is 37.4 Å². The average molecular weight is 201 g/mol. The fourth-order valence-corrected chi connectivity index (χ4v) is 0.733. The second kappa shape index (κ2) is 6.07. The lowest BCUT2D eigenvalue weighted by molar-refractivity contribution is 0.502. The Labute approximate surface area is 79.1 Å². The number of thiol groups is 1. The van der Waals surface area contributed by atoms with Crippen molar-refractivity contribution in [2.75, 3.05) is 0 Å². The molecular formula is C5H13ClN2S2. The maximum absolute atomic E-state index is 5.29. The Morgan fingerprint density at radius 1 is 1.80 bits per heavy atom. The molecule has 2 nitrogen and oxygen atoms in total. The van der Waals surface area contributed by atoms with Gasteiger partial charge in [-0.1, -0.05) is 19.7 Å². The number of nitrogens with two attached hydrogens (primary N) is 1. The Morgan fingerprint density at radius 3 is 2.30 bits per heavy atom. The summed E-state index contributed by atoms with van der Waals surface area (Å²) in [5.74, 6) is 0. The summed E-state index contributed by atoms with van der Waals surface area (Å²) in [6.07, 6.45) is 1.00. The maximum atomic E-state index is 5.29. The normalized spacial score (nSPS) is 11.5. The number of thiocarbonyl (C=S) groups is 1. The smallest absolute Gasteiger partial charge is 0.176 e. The zero-order chi connectivity index (χ0) is 7.44. The van der Waals surface area contributed by atoms with Crippen LogP contribution in [-0.4, -0.2) is 15.5 Å². The van der Waals surface area contributed by atoms with Crippen LogP contribution in [0.4, 0.5) is 0 Å². The summed E-state index contributed by atoms with van der Waals surface area (Å²) < 4.78 is 1.59. The summed E-state index contributed by atoms with van der Waals surface area (Å²) in [5.41, 5.74) is 5.29. The monoisotopic (exact) mass is 200 g/mol. The molecule has 0 aliphatic carbocycles. The SMILES string of the molecule is CCC(C)N(S)C(N)=S.Cl. The summed E-state index contributed by atoms with van der Waals surface area (Å²) in [5, 5.41) is 0.340. The zero-order valence-corrected chi connectivity index (χ0v) is 8.60. The van der Waals surface area contributed by atoms with Gasteiger partial charge in [-0.05, 0) is 25.6 Å². The van der Waals surface area contributed by atoms with E-state index >= 15 is 0 Å². The molecule has 0 saturated heterocycles.